The molecule has 0 aliphatic heterocycles. The van der Waals surface area contributed by atoms with Crippen LogP contribution in [0.3, 0.4) is 0 Å². The van der Waals surface area contributed by atoms with Crippen molar-refractivity contribution in [1.29, 1.82) is 0 Å². The molecule has 0 fully saturated rings. The van der Waals surface area contributed by atoms with Crippen molar-refractivity contribution in [3.05, 3.63) is 46.3 Å². The van der Waals surface area contributed by atoms with Crippen LogP contribution in [0.2, 0.25) is 0 Å². The number of fused-ring (bicyclic) bond motifs is 1. The zero-order valence-corrected chi connectivity index (χ0v) is 11.9. The van der Waals surface area contributed by atoms with Crippen LogP contribution >= 0.6 is 0 Å². The Labute approximate surface area is 123 Å². The van der Waals surface area contributed by atoms with Crippen LogP contribution in [0.25, 0.3) is 11.0 Å². The van der Waals surface area contributed by atoms with Gasteiger partial charge in [0.25, 0.3) is 0 Å². The van der Waals surface area contributed by atoms with Gasteiger partial charge in [0.2, 0.25) is 0 Å². The highest BCUT2D eigenvalue weighted by molar-refractivity contribution is 5.76. The summed E-state index contributed by atoms with van der Waals surface area (Å²) in [7, 11) is 0. The van der Waals surface area contributed by atoms with E-state index in [9.17, 15) is 9.59 Å². The predicted octanol–water partition coefficient (Wildman–Crippen LogP) is 2.65. The van der Waals surface area contributed by atoms with Crippen molar-refractivity contribution in [2.45, 2.75) is 26.6 Å². The average Bonchev–Trinajstić information content (AvgIpc) is 2.45. The summed E-state index contributed by atoms with van der Waals surface area (Å²) < 4.78 is 15.5. The van der Waals surface area contributed by atoms with Crippen LogP contribution in [-0.2, 0) is 16.1 Å². The van der Waals surface area contributed by atoms with Crippen LogP contribution in [0.1, 0.15) is 20.8 Å². The van der Waals surface area contributed by atoms with Gasteiger partial charge in [0.1, 0.15) is 18.9 Å². The largest absolute Gasteiger partial charge is 0.464 e. The van der Waals surface area contributed by atoms with Crippen LogP contribution in [0, 0.1) is 0 Å². The van der Waals surface area contributed by atoms with Crippen molar-refractivity contribution in [3.63, 3.8) is 0 Å². The quantitative estimate of drug-likeness (QED) is 0.857. The van der Waals surface area contributed by atoms with Crippen LogP contribution in [0.15, 0.2) is 39.7 Å². The summed E-state index contributed by atoms with van der Waals surface area (Å²) in [6.45, 7) is 3.93. The fourth-order valence-corrected chi connectivity index (χ4v) is 1.68. The molecule has 1 amide bonds. The lowest BCUT2D eigenvalue weighted by atomic mass is 10.1. The molecule has 0 saturated heterocycles. The van der Waals surface area contributed by atoms with E-state index in [1.165, 1.54) is 12.3 Å². The summed E-state index contributed by atoms with van der Waals surface area (Å²) in [6.07, 6.45) is 0.810. The highest BCUT2D eigenvalue weighted by Gasteiger charge is 2.05. The van der Waals surface area contributed by atoms with Gasteiger partial charge in [-0.05, 0) is 31.5 Å². The molecule has 1 aromatic heterocycles. The number of alkyl carbamates (subject to hydrolysis) is 1. The zero-order valence-electron chi connectivity index (χ0n) is 11.9. The van der Waals surface area contributed by atoms with Crippen LogP contribution in [-0.4, -0.2) is 18.9 Å². The number of benzene rings is 1. The van der Waals surface area contributed by atoms with E-state index >= 15 is 0 Å². The maximum absolute atomic E-state index is 11.6. The Bertz CT molecular complexity index is 683. The normalized spacial score (nSPS) is 10.8. The Morgan fingerprint density at radius 3 is 2.95 bits per heavy atom. The first-order valence-electron chi connectivity index (χ1n) is 6.59. The SMILES string of the molecule is CC(C)OCNC(=O)OCc1ccc2c(=O)ccoc2c1.[HH]. The number of carbonyl (C=O) groups is 1. The average molecular weight is 293 g/mol. The summed E-state index contributed by atoms with van der Waals surface area (Å²) in [6, 6.07) is 6.41. The van der Waals surface area contributed by atoms with Gasteiger partial charge < -0.3 is 13.9 Å². The van der Waals surface area contributed by atoms with Gasteiger partial charge in [-0.15, -0.1) is 0 Å². The predicted molar refractivity (Wildman–Crippen MR) is 79.0 cm³/mol. The summed E-state index contributed by atoms with van der Waals surface area (Å²) in [5.74, 6) is 0. The molecule has 0 atom stereocenters. The van der Waals surface area contributed by atoms with Gasteiger partial charge in [-0.2, -0.15) is 0 Å². The van der Waals surface area contributed by atoms with Crippen molar-refractivity contribution >= 4 is 17.1 Å². The molecular weight excluding hydrogens is 274 g/mol. The first kappa shape index (κ1) is 15.1. The topological polar surface area (TPSA) is 77.8 Å². The lowest BCUT2D eigenvalue weighted by molar-refractivity contribution is 0.0568. The molecule has 6 nitrogen and oxygen atoms in total. The van der Waals surface area contributed by atoms with E-state index in [0.29, 0.717) is 11.0 Å². The molecule has 0 saturated carbocycles. The molecular formula is C15H19NO5. The highest BCUT2D eigenvalue weighted by atomic mass is 16.6. The Kier molecular flexibility index (Phi) is 4.94. The molecule has 0 spiro atoms. The second-order valence-electron chi connectivity index (χ2n) is 4.73. The molecule has 1 N–H and O–H groups in total. The molecule has 21 heavy (non-hydrogen) atoms. The molecule has 1 aromatic carbocycles. The number of amides is 1. The van der Waals surface area contributed by atoms with Gasteiger partial charge in [-0.3, -0.25) is 10.1 Å². The maximum atomic E-state index is 11.6. The van der Waals surface area contributed by atoms with Gasteiger partial charge in [0, 0.05) is 7.49 Å². The van der Waals surface area contributed by atoms with E-state index in [-0.39, 0.29) is 26.3 Å². The number of nitrogens with one attached hydrogen (secondary N) is 1. The molecule has 0 bridgehead atoms. The van der Waals surface area contributed by atoms with Crippen LogP contribution < -0.4 is 10.7 Å². The summed E-state index contributed by atoms with van der Waals surface area (Å²) in [5, 5.41) is 2.97. The number of carbonyl (C=O) groups excluding carboxylic acids is 1. The van der Waals surface area contributed by atoms with Crippen molar-refractivity contribution in [2.24, 2.45) is 0 Å². The maximum Gasteiger partial charge on any atom is 0.409 e. The molecule has 1 heterocycles. The van der Waals surface area contributed by atoms with Crippen LogP contribution in [0.5, 0.6) is 0 Å². The Morgan fingerprint density at radius 1 is 1.38 bits per heavy atom. The van der Waals surface area contributed by atoms with E-state index in [1.807, 2.05) is 13.8 Å². The third kappa shape index (κ3) is 4.32. The summed E-state index contributed by atoms with van der Waals surface area (Å²) in [5.41, 5.74) is 1.09. The minimum absolute atomic E-state index is 0. The number of hydrogen-bond donors (Lipinski definition) is 1. The molecule has 0 aliphatic carbocycles. The molecule has 0 unspecified atom stereocenters. The van der Waals surface area contributed by atoms with Gasteiger partial charge in [-0.25, -0.2) is 4.79 Å². The first-order chi connectivity index (χ1) is 10.1. The Hall–Kier alpha value is -2.34. The standard InChI is InChI=1S/C15H17NO5.H2/c1-10(2)21-9-16-15(18)20-8-11-3-4-12-13(17)5-6-19-14(12)7-11;/h3-7,10H,8-9H2,1-2H3,(H,16,18);1H. The molecule has 0 radical (unpaired) electrons. The number of hydrogen-bond acceptors (Lipinski definition) is 5. The fourth-order valence-electron chi connectivity index (χ4n) is 1.68. The van der Waals surface area contributed by atoms with E-state index in [2.05, 4.69) is 5.32 Å². The summed E-state index contributed by atoms with van der Waals surface area (Å²) in [4.78, 5) is 23.0. The van der Waals surface area contributed by atoms with Crippen LogP contribution in [0.4, 0.5) is 4.79 Å². The monoisotopic (exact) mass is 293 g/mol. The second-order valence-corrected chi connectivity index (χ2v) is 4.73. The van der Waals surface area contributed by atoms with E-state index in [0.717, 1.165) is 5.56 Å². The Morgan fingerprint density at radius 2 is 2.19 bits per heavy atom. The van der Waals surface area contributed by atoms with Gasteiger partial charge >= 0.3 is 6.09 Å². The van der Waals surface area contributed by atoms with Gasteiger partial charge in [-0.1, -0.05) is 6.07 Å². The van der Waals surface area contributed by atoms with Crippen molar-refractivity contribution in [2.75, 3.05) is 6.73 Å². The lowest BCUT2D eigenvalue weighted by Crippen LogP contribution is -2.28. The highest BCUT2D eigenvalue weighted by Crippen LogP contribution is 2.13. The fraction of sp³-hybridized carbons (Fsp3) is 0.333. The van der Waals surface area contributed by atoms with Crippen molar-refractivity contribution in [3.8, 4) is 0 Å². The minimum Gasteiger partial charge on any atom is -0.464 e. The second kappa shape index (κ2) is 6.90. The third-order valence-corrected chi connectivity index (χ3v) is 2.73. The van der Waals surface area contributed by atoms with Gasteiger partial charge in [0.05, 0.1) is 17.8 Å². The molecule has 0 aliphatic rings. The van der Waals surface area contributed by atoms with Gasteiger partial charge in [0.15, 0.2) is 5.43 Å². The summed E-state index contributed by atoms with van der Waals surface area (Å²) >= 11 is 0. The van der Waals surface area contributed by atoms with Crippen molar-refractivity contribution < 1.29 is 20.1 Å². The minimum atomic E-state index is -0.565. The number of ether oxygens (including phenoxy) is 2. The smallest absolute Gasteiger partial charge is 0.409 e. The lowest BCUT2D eigenvalue weighted by Gasteiger charge is -2.09. The number of rotatable bonds is 5. The van der Waals surface area contributed by atoms with Crippen molar-refractivity contribution in [1.82, 2.24) is 5.32 Å². The third-order valence-electron chi connectivity index (χ3n) is 2.73. The molecule has 2 rings (SSSR count). The zero-order chi connectivity index (χ0) is 15.2. The van der Waals surface area contributed by atoms with E-state index < -0.39 is 6.09 Å². The molecule has 114 valence electrons. The van der Waals surface area contributed by atoms with E-state index in [1.54, 1.807) is 18.2 Å². The Balaban J connectivity index is 0.00000242. The molecule has 2 aromatic rings. The first-order valence-corrected chi connectivity index (χ1v) is 6.59. The molecule has 6 heteroatoms. The van der Waals surface area contributed by atoms with E-state index in [4.69, 9.17) is 13.9 Å².